The number of carbonyl (C=O) groups excluding carboxylic acids is 1. The van der Waals surface area contributed by atoms with Crippen LogP contribution in [0.5, 0.6) is 0 Å². The zero-order valence-corrected chi connectivity index (χ0v) is 23.1. The number of carbonyl (C=O) groups is 1. The Morgan fingerprint density at radius 2 is 1.84 bits per heavy atom. The summed E-state index contributed by atoms with van der Waals surface area (Å²) in [4.78, 5) is 14.3. The number of piperazine rings is 1. The standard InChI is InChI=1S/C30H52N6O/c1-3-11-29(34-17-9-5-8-15-30(37)36-20-18-33-19-21-36)27(14-10-16-31)24-35-25(2)28(23-32)22-26-12-6-4-7-13-26/h4,6-7,11-13,27-28,33-35H,2-3,5,8-10,14-24,31-32H2,1H3/b29-11+. The van der Waals surface area contributed by atoms with Crippen LogP contribution in [-0.4, -0.2) is 63.2 Å². The second-order valence-electron chi connectivity index (χ2n) is 10.1. The second-order valence-corrected chi connectivity index (χ2v) is 10.1. The van der Waals surface area contributed by atoms with Gasteiger partial charge in [0.1, 0.15) is 0 Å². The summed E-state index contributed by atoms with van der Waals surface area (Å²) in [5.41, 5.74) is 15.6. The molecule has 1 aliphatic rings. The van der Waals surface area contributed by atoms with Crippen LogP contribution in [0.4, 0.5) is 0 Å². The molecule has 0 saturated carbocycles. The Balaban J connectivity index is 1.79. The normalized spacial score (nSPS) is 15.8. The molecule has 1 heterocycles. The SMILES string of the molecule is C=C(NCC(CCCN)/C(=C\CC)NCCCCCC(=O)N1CCNCC1)C(CN)Cc1ccccc1. The average molecular weight is 513 g/mol. The molecule has 2 rings (SSSR count). The summed E-state index contributed by atoms with van der Waals surface area (Å²) >= 11 is 0. The van der Waals surface area contributed by atoms with E-state index in [0.29, 0.717) is 31.3 Å². The maximum atomic E-state index is 12.4. The van der Waals surface area contributed by atoms with Crippen LogP contribution >= 0.6 is 0 Å². The zero-order chi connectivity index (χ0) is 26.7. The van der Waals surface area contributed by atoms with E-state index in [1.807, 2.05) is 11.0 Å². The van der Waals surface area contributed by atoms with Gasteiger partial charge in [-0.05, 0) is 50.6 Å². The molecule has 1 aromatic carbocycles. The lowest BCUT2D eigenvalue weighted by Gasteiger charge is -2.27. The van der Waals surface area contributed by atoms with Gasteiger partial charge in [0.2, 0.25) is 5.91 Å². The van der Waals surface area contributed by atoms with Gasteiger partial charge in [-0.25, -0.2) is 0 Å². The van der Waals surface area contributed by atoms with Gasteiger partial charge in [-0.3, -0.25) is 4.79 Å². The van der Waals surface area contributed by atoms with Gasteiger partial charge in [-0.1, -0.05) is 56.3 Å². The molecule has 1 aromatic rings. The van der Waals surface area contributed by atoms with E-state index in [2.05, 4.69) is 59.8 Å². The Morgan fingerprint density at radius 3 is 2.51 bits per heavy atom. The van der Waals surface area contributed by atoms with Crippen molar-refractivity contribution in [3.63, 3.8) is 0 Å². The van der Waals surface area contributed by atoms with Gasteiger partial charge in [0.25, 0.3) is 0 Å². The van der Waals surface area contributed by atoms with E-state index in [9.17, 15) is 4.79 Å². The number of hydrogen-bond acceptors (Lipinski definition) is 6. The fourth-order valence-electron chi connectivity index (χ4n) is 4.86. The van der Waals surface area contributed by atoms with Crippen LogP contribution in [0, 0.1) is 11.8 Å². The highest BCUT2D eigenvalue weighted by molar-refractivity contribution is 5.76. The quantitative estimate of drug-likeness (QED) is 0.182. The minimum absolute atomic E-state index is 0.202. The molecule has 37 heavy (non-hydrogen) atoms. The Kier molecular flexibility index (Phi) is 15.7. The van der Waals surface area contributed by atoms with Crippen molar-refractivity contribution in [3.8, 4) is 0 Å². The summed E-state index contributed by atoms with van der Waals surface area (Å²) in [6.45, 7) is 13.0. The predicted molar refractivity (Wildman–Crippen MR) is 156 cm³/mol. The number of benzene rings is 1. The minimum Gasteiger partial charge on any atom is -0.388 e. The highest BCUT2D eigenvalue weighted by atomic mass is 16.2. The predicted octanol–water partition coefficient (Wildman–Crippen LogP) is 3.14. The van der Waals surface area contributed by atoms with Crippen molar-refractivity contribution < 1.29 is 4.79 Å². The number of hydrogen-bond donors (Lipinski definition) is 5. The Morgan fingerprint density at radius 1 is 1.08 bits per heavy atom. The number of unbranched alkanes of at least 4 members (excludes halogenated alkanes) is 2. The molecule has 7 nitrogen and oxygen atoms in total. The topological polar surface area (TPSA) is 108 Å². The summed E-state index contributed by atoms with van der Waals surface area (Å²) in [6.07, 6.45) is 9.94. The summed E-state index contributed by atoms with van der Waals surface area (Å²) in [5.74, 6) is 0.856. The molecule has 2 atom stereocenters. The molecule has 1 amide bonds. The molecule has 7 heteroatoms. The van der Waals surface area contributed by atoms with E-state index in [-0.39, 0.29) is 5.92 Å². The van der Waals surface area contributed by atoms with Crippen LogP contribution in [0.15, 0.2) is 54.4 Å². The minimum atomic E-state index is 0.202. The van der Waals surface area contributed by atoms with Crippen molar-refractivity contribution in [2.45, 2.75) is 58.3 Å². The first-order chi connectivity index (χ1) is 18.1. The molecule has 0 aliphatic carbocycles. The van der Waals surface area contributed by atoms with E-state index < -0.39 is 0 Å². The number of nitrogens with two attached hydrogens (primary N) is 2. The molecule has 1 fully saturated rings. The monoisotopic (exact) mass is 512 g/mol. The molecular formula is C30H52N6O. The molecule has 0 aromatic heterocycles. The highest BCUT2D eigenvalue weighted by Crippen LogP contribution is 2.18. The largest absolute Gasteiger partial charge is 0.388 e. The lowest BCUT2D eigenvalue weighted by molar-refractivity contribution is -0.131. The smallest absolute Gasteiger partial charge is 0.222 e. The third kappa shape index (κ3) is 12.2. The van der Waals surface area contributed by atoms with Gasteiger partial charge in [0.05, 0.1) is 0 Å². The van der Waals surface area contributed by atoms with Crippen LogP contribution in [0.25, 0.3) is 0 Å². The van der Waals surface area contributed by atoms with E-state index >= 15 is 0 Å². The summed E-state index contributed by atoms with van der Waals surface area (Å²) < 4.78 is 0. The van der Waals surface area contributed by atoms with E-state index in [0.717, 1.165) is 89.9 Å². The first kappa shape index (κ1) is 30.9. The van der Waals surface area contributed by atoms with Crippen LogP contribution in [-0.2, 0) is 11.2 Å². The Bertz CT molecular complexity index is 791. The summed E-state index contributed by atoms with van der Waals surface area (Å²) in [6, 6.07) is 10.5. The first-order valence-electron chi connectivity index (χ1n) is 14.4. The van der Waals surface area contributed by atoms with Gasteiger partial charge in [0, 0.05) is 75.5 Å². The Labute approximate surface area is 225 Å². The maximum absolute atomic E-state index is 12.4. The number of amides is 1. The lowest BCUT2D eigenvalue weighted by atomic mass is 9.94. The zero-order valence-electron chi connectivity index (χ0n) is 23.1. The molecule has 1 saturated heterocycles. The molecular weight excluding hydrogens is 460 g/mol. The molecule has 1 aliphatic heterocycles. The van der Waals surface area contributed by atoms with Crippen LogP contribution in [0.1, 0.15) is 57.4 Å². The maximum Gasteiger partial charge on any atom is 0.222 e. The first-order valence-corrected chi connectivity index (χ1v) is 14.4. The third-order valence-corrected chi connectivity index (χ3v) is 7.16. The van der Waals surface area contributed by atoms with Crippen molar-refractivity contribution in [3.05, 3.63) is 59.9 Å². The van der Waals surface area contributed by atoms with Gasteiger partial charge >= 0.3 is 0 Å². The summed E-state index contributed by atoms with van der Waals surface area (Å²) in [5, 5.41) is 10.6. The molecule has 208 valence electrons. The fraction of sp³-hybridized carbons (Fsp3) is 0.633. The molecule has 0 spiro atoms. The molecule has 0 bridgehead atoms. The van der Waals surface area contributed by atoms with Crippen molar-refractivity contribution in [2.24, 2.45) is 23.3 Å². The van der Waals surface area contributed by atoms with Gasteiger partial charge in [-0.15, -0.1) is 0 Å². The van der Waals surface area contributed by atoms with E-state index in [4.69, 9.17) is 11.5 Å². The average Bonchev–Trinajstić information content (AvgIpc) is 2.94. The van der Waals surface area contributed by atoms with Gasteiger partial charge < -0.3 is 32.3 Å². The lowest BCUT2D eigenvalue weighted by Crippen LogP contribution is -2.46. The number of nitrogens with one attached hydrogen (secondary N) is 3. The van der Waals surface area contributed by atoms with Crippen LogP contribution < -0.4 is 27.4 Å². The van der Waals surface area contributed by atoms with Crippen molar-refractivity contribution in [1.82, 2.24) is 20.9 Å². The molecule has 2 unspecified atom stereocenters. The summed E-state index contributed by atoms with van der Waals surface area (Å²) in [7, 11) is 0. The van der Waals surface area contributed by atoms with Crippen molar-refractivity contribution >= 4 is 5.91 Å². The van der Waals surface area contributed by atoms with Crippen LogP contribution in [0.3, 0.4) is 0 Å². The van der Waals surface area contributed by atoms with Gasteiger partial charge in [0.15, 0.2) is 0 Å². The Hall–Kier alpha value is -2.35. The number of rotatable bonds is 19. The van der Waals surface area contributed by atoms with Gasteiger partial charge in [-0.2, -0.15) is 0 Å². The third-order valence-electron chi connectivity index (χ3n) is 7.16. The van der Waals surface area contributed by atoms with Crippen molar-refractivity contribution in [2.75, 3.05) is 52.4 Å². The second kappa shape index (κ2) is 18.8. The number of nitrogens with zero attached hydrogens (tertiary/aromatic N) is 1. The van der Waals surface area contributed by atoms with E-state index in [1.54, 1.807) is 0 Å². The highest BCUT2D eigenvalue weighted by Gasteiger charge is 2.18. The molecule has 0 radical (unpaired) electrons. The fourth-order valence-corrected chi connectivity index (χ4v) is 4.86. The van der Waals surface area contributed by atoms with Crippen molar-refractivity contribution in [1.29, 1.82) is 0 Å². The van der Waals surface area contributed by atoms with E-state index in [1.165, 1.54) is 11.3 Å². The number of allylic oxidation sites excluding steroid dienone is 1. The molecule has 7 N–H and O–H groups in total. The van der Waals surface area contributed by atoms with Crippen LogP contribution in [0.2, 0.25) is 0 Å².